The molecule has 24 heavy (non-hydrogen) atoms. The Labute approximate surface area is 141 Å². The Hall–Kier alpha value is -2.82. The van der Waals surface area contributed by atoms with Crippen molar-refractivity contribution < 1.29 is 19.1 Å². The number of hydrogen-bond donors (Lipinski definition) is 1. The molecule has 0 saturated heterocycles. The van der Waals surface area contributed by atoms with Crippen LogP contribution in [0.1, 0.15) is 28.4 Å². The number of para-hydroxylation sites is 2. The molecule has 0 aromatic heterocycles. The molecule has 0 bridgehead atoms. The molecule has 5 nitrogen and oxygen atoms in total. The van der Waals surface area contributed by atoms with Gasteiger partial charge in [0.05, 0.1) is 17.9 Å². The standard InChI is InChI=1S/C19H21NO4/c1-4-23-19(22)15-10-5-6-11-16(15)20-17(21)12-24-18-13(2)8-7-9-14(18)3/h5-11H,4,12H2,1-3H3,(H,20,21). The second kappa shape index (κ2) is 8.15. The summed E-state index contributed by atoms with van der Waals surface area (Å²) in [6.45, 7) is 5.73. The number of benzene rings is 2. The van der Waals surface area contributed by atoms with Crippen LogP contribution in [0.2, 0.25) is 0 Å². The first-order valence-corrected chi connectivity index (χ1v) is 7.78. The van der Waals surface area contributed by atoms with E-state index in [9.17, 15) is 9.59 Å². The maximum absolute atomic E-state index is 12.2. The van der Waals surface area contributed by atoms with Gasteiger partial charge in [-0.1, -0.05) is 30.3 Å². The number of hydrogen-bond acceptors (Lipinski definition) is 4. The molecule has 2 aromatic rings. The van der Waals surface area contributed by atoms with Gasteiger partial charge in [-0.25, -0.2) is 4.79 Å². The van der Waals surface area contributed by atoms with E-state index in [1.807, 2.05) is 32.0 Å². The van der Waals surface area contributed by atoms with Crippen LogP contribution in [0.3, 0.4) is 0 Å². The predicted molar refractivity (Wildman–Crippen MR) is 92.4 cm³/mol. The van der Waals surface area contributed by atoms with E-state index in [1.165, 1.54) is 0 Å². The van der Waals surface area contributed by atoms with Crippen LogP contribution in [0.15, 0.2) is 42.5 Å². The van der Waals surface area contributed by atoms with Gasteiger partial charge in [-0.15, -0.1) is 0 Å². The van der Waals surface area contributed by atoms with Crippen molar-refractivity contribution in [1.82, 2.24) is 0 Å². The van der Waals surface area contributed by atoms with Gasteiger partial charge in [-0.2, -0.15) is 0 Å². The van der Waals surface area contributed by atoms with Gasteiger partial charge >= 0.3 is 5.97 Å². The van der Waals surface area contributed by atoms with Crippen LogP contribution in [0.4, 0.5) is 5.69 Å². The lowest BCUT2D eigenvalue weighted by molar-refractivity contribution is -0.118. The van der Waals surface area contributed by atoms with E-state index in [4.69, 9.17) is 9.47 Å². The highest BCUT2D eigenvalue weighted by Gasteiger charge is 2.14. The summed E-state index contributed by atoms with van der Waals surface area (Å²) in [5, 5.41) is 2.69. The highest BCUT2D eigenvalue weighted by atomic mass is 16.5. The summed E-state index contributed by atoms with van der Waals surface area (Å²) in [4.78, 5) is 24.1. The van der Waals surface area contributed by atoms with Crippen LogP contribution in [0.25, 0.3) is 0 Å². The predicted octanol–water partition coefficient (Wildman–Crippen LogP) is 3.50. The topological polar surface area (TPSA) is 64.6 Å². The molecule has 0 aliphatic rings. The third kappa shape index (κ3) is 4.35. The maximum Gasteiger partial charge on any atom is 0.340 e. The summed E-state index contributed by atoms with van der Waals surface area (Å²) < 4.78 is 10.6. The van der Waals surface area contributed by atoms with Crippen LogP contribution in [0.5, 0.6) is 5.75 Å². The Kier molecular flexibility index (Phi) is 5.95. The minimum Gasteiger partial charge on any atom is -0.483 e. The number of carbonyl (C=O) groups is 2. The van der Waals surface area contributed by atoms with Gasteiger partial charge in [0.1, 0.15) is 5.75 Å². The van der Waals surface area contributed by atoms with Crippen molar-refractivity contribution in [2.24, 2.45) is 0 Å². The fraction of sp³-hybridized carbons (Fsp3) is 0.263. The monoisotopic (exact) mass is 327 g/mol. The second-order valence-corrected chi connectivity index (χ2v) is 5.32. The lowest BCUT2D eigenvalue weighted by Gasteiger charge is -2.13. The van der Waals surface area contributed by atoms with Crippen molar-refractivity contribution in [2.75, 3.05) is 18.5 Å². The maximum atomic E-state index is 12.2. The molecule has 2 aromatic carbocycles. The van der Waals surface area contributed by atoms with Crippen LogP contribution in [-0.2, 0) is 9.53 Å². The zero-order valence-corrected chi connectivity index (χ0v) is 14.1. The van der Waals surface area contributed by atoms with Gasteiger partial charge in [-0.05, 0) is 44.0 Å². The number of amides is 1. The summed E-state index contributed by atoms with van der Waals surface area (Å²) in [7, 11) is 0. The van der Waals surface area contributed by atoms with Crippen LogP contribution in [0, 0.1) is 13.8 Å². The summed E-state index contributed by atoms with van der Waals surface area (Å²) in [6.07, 6.45) is 0. The largest absolute Gasteiger partial charge is 0.483 e. The Balaban J connectivity index is 2.04. The van der Waals surface area contributed by atoms with E-state index in [1.54, 1.807) is 31.2 Å². The first kappa shape index (κ1) is 17.5. The quantitative estimate of drug-likeness (QED) is 0.825. The van der Waals surface area contributed by atoms with Crippen molar-refractivity contribution in [1.29, 1.82) is 0 Å². The lowest BCUT2D eigenvalue weighted by Crippen LogP contribution is -2.22. The SMILES string of the molecule is CCOC(=O)c1ccccc1NC(=O)COc1c(C)cccc1C. The molecule has 0 spiro atoms. The van der Waals surface area contributed by atoms with Crippen molar-refractivity contribution in [2.45, 2.75) is 20.8 Å². The molecule has 0 atom stereocenters. The van der Waals surface area contributed by atoms with Crippen LogP contribution in [-0.4, -0.2) is 25.1 Å². The molecule has 0 unspecified atom stereocenters. The number of ether oxygens (including phenoxy) is 2. The van der Waals surface area contributed by atoms with E-state index < -0.39 is 5.97 Å². The zero-order valence-electron chi connectivity index (χ0n) is 14.1. The summed E-state index contributed by atoms with van der Waals surface area (Å²) in [6, 6.07) is 12.5. The first-order valence-electron chi connectivity index (χ1n) is 7.78. The van der Waals surface area contributed by atoms with Gasteiger partial charge in [0.15, 0.2) is 6.61 Å². The summed E-state index contributed by atoms with van der Waals surface area (Å²) >= 11 is 0. The van der Waals surface area contributed by atoms with Crippen molar-refractivity contribution in [3.8, 4) is 5.75 Å². The average Bonchev–Trinajstić information content (AvgIpc) is 2.55. The normalized spacial score (nSPS) is 10.1. The molecule has 0 saturated carbocycles. The molecular formula is C19H21NO4. The number of esters is 1. The Morgan fingerprint density at radius 1 is 1.00 bits per heavy atom. The Bertz CT molecular complexity index is 720. The second-order valence-electron chi connectivity index (χ2n) is 5.32. The highest BCUT2D eigenvalue weighted by molar-refractivity contribution is 6.01. The van der Waals surface area contributed by atoms with Crippen LogP contribution < -0.4 is 10.1 Å². The Morgan fingerprint density at radius 2 is 1.67 bits per heavy atom. The molecule has 0 fully saturated rings. The fourth-order valence-corrected chi connectivity index (χ4v) is 2.33. The number of nitrogens with one attached hydrogen (secondary N) is 1. The van der Waals surface area contributed by atoms with Crippen molar-refractivity contribution in [3.63, 3.8) is 0 Å². The van der Waals surface area contributed by atoms with E-state index in [0.29, 0.717) is 17.0 Å². The Morgan fingerprint density at radius 3 is 2.33 bits per heavy atom. The first-order chi connectivity index (χ1) is 11.5. The van der Waals surface area contributed by atoms with Crippen LogP contribution >= 0.6 is 0 Å². The lowest BCUT2D eigenvalue weighted by atomic mass is 10.1. The van der Waals surface area contributed by atoms with Crippen molar-refractivity contribution in [3.05, 3.63) is 59.2 Å². The summed E-state index contributed by atoms with van der Waals surface area (Å²) in [5.74, 6) is -0.107. The zero-order chi connectivity index (χ0) is 17.5. The molecule has 0 aliphatic carbocycles. The molecule has 126 valence electrons. The number of anilines is 1. The molecule has 0 radical (unpaired) electrons. The van der Waals surface area contributed by atoms with Gasteiger partial charge in [-0.3, -0.25) is 4.79 Å². The molecule has 2 rings (SSSR count). The van der Waals surface area contributed by atoms with Gasteiger partial charge in [0, 0.05) is 0 Å². The third-order valence-electron chi connectivity index (χ3n) is 3.45. The van der Waals surface area contributed by atoms with Gasteiger partial charge in [0.25, 0.3) is 5.91 Å². The van der Waals surface area contributed by atoms with E-state index >= 15 is 0 Å². The molecule has 0 aliphatic heterocycles. The fourth-order valence-electron chi connectivity index (χ4n) is 2.33. The van der Waals surface area contributed by atoms with Crippen molar-refractivity contribution >= 4 is 17.6 Å². The molecule has 1 N–H and O–H groups in total. The summed E-state index contributed by atoms with van der Waals surface area (Å²) in [5.41, 5.74) is 2.66. The number of aryl methyl sites for hydroxylation is 2. The van der Waals surface area contributed by atoms with E-state index in [2.05, 4.69) is 5.32 Å². The van der Waals surface area contributed by atoms with E-state index in [-0.39, 0.29) is 19.1 Å². The number of rotatable bonds is 6. The minimum atomic E-state index is -0.468. The minimum absolute atomic E-state index is 0.136. The average molecular weight is 327 g/mol. The van der Waals surface area contributed by atoms with Gasteiger partial charge < -0.3 is 14.8 Å². The van der Waals surface area contributed by atoms with E-state index in [0.717, 1.165) is 11.1 Å². The third-order valence-corrected chi connectivity index (χ3v) is 3.45. The highest BCUT2D eigenvalue weighted by Crippen LogP contribution is 2.22. The molecule has 5 heteroatoms. The molecule has 0 heterocycles. The number of carbonyl (C=O) groups excluding carboxylic acids is 2. The smallest absolute Gasteiger partial charge is 0.340 e. The molecular weight excluding hydrogens is 306 g/mol. The molecule has 1 amide bonds. The van der Waals surface area contributed by atoms with Gasteiger partial charge in [0.2, 0.25) is 0 Å².